The quantitative estimate of drug-likeness (QED) is 0.902. The molecule has 0 bridgehead atoms. The number of aromatic nitrogens is 1. The molecule has 0 aliphatic carbocycles. The van der Waals surface area contributed by atoms with Gasteiger partial charge in [0, 0.05) is 5.56 Å². The highest BCUT2D eigenvalue weighted by Crippen LogP contribution is 2.31. The zero-order chi connectivity index (χ0) is 17.0. The molecule has 2 aromatic rings. The highest BCUT2D eigenvalue weighted by Gasteiger charge is 2.16. The van der Waals surface area contributed by atoms with Gasteiger partial charge in [0.25, 0.3) is 5.56 Å². The van der Waals surface area contributed by atoms with Gasteiger partial charge in [0.1, 0.15) is 12.1 Å². The fraction of sp³-hybridized carbons (Fsp3) is 0.188. The number of carbonyl (C=O) groups is 1. The molecule has 2 rings (SSSR count). The van der Waals surface area contributed by atoms with Gasteiger partial charge in [-0.1, -0.05) is 0 Å². The molecule has 0 unspecified atom stereocenters. The van der Waals surface area contributed by atoms with Crippen molar-refractivity contribution in [2.75, 3.05) is 14.2 Å². The second-order valence-corrected chi connectivity index (χ2v) is 4.56. The van der Waals surface area contributed by atoms with Crippen LogP contribution in [0.5, 0.6) is 11.5 Å². The Morgan fingerprint density at radius 1 is 1.22 bits per heavy atom. The second-order valence-electron chi connectivity index (χ2n) is 4.56. The maximum absolute atomic E-state index is 12.2. The monoisotopic (exact) mass is 314 g/mol. The molecule has 0 amide bonds. The number of ether oxygens (including phenoxy) is 2. The van der Waals surface area contributed by atoms with Gasteiger partial charge >= 0.3 is 5.97 Å². The Labute approximate surface area is 131 Å². The van der Waals surface area contributed by atoms with E-state index in [1.807, 2.05) is 6.07 Å². The Bertz CT molecular complexity index is 849. The number of benzene rings is 1. The minimum atomic E-state index is -1.33. The summed E-state index contributed by atoms with van der Waals surface area (Å²) in [5.74, 6) is -0.351. The van der Waals surface area contributed by atoms with E-state index in [-0.39, 0.29) is 12.1 Å². The van der Waals surface area contributed by atoms with Crippen LogP contribution in [0, 0.1) is 11.3 Å². The molecule has 0 saturated heterocycles. The van der Waals surface area contributed by atoms with Crippen LogP contribution in [0.3, 0.4) is 0 Å². The summed E-state index contributed by atoms with van der Waals surface area (Å²) in [6, 6.07) is 9.60. The molecule has 1 aromatic carbocycles. The molecule has 0 atom stereocenters. The molecule has 0 radical (unpaired) electrons. The minimum absolute atomic E-state index is 0.260. The molecule has 0 spiro atoms. The zero-order valence-electron chi connectivity index (χ0n) is 12.6. The van der Waals surface area contributed by atoms with Crippen molar-refractivity contribution in [1.82, 2.24) is 4.57 Å². The minimum Gasteiger partial charge on any atom is -0.493 e. The van der Waals surface area contributed by atoms with Crippen LogP contribution in [-0.2, 0) is 6.54 Å². The second kappa shape index (κ2) is 6.66. The Balaban J connectivity index is 2.69. The maximum atomic E-state index is 12.2. The fourth-order valence-electron chi connectivity index (χ4n) is 2.22. The van der Waals surface area contributed by atoms with E-state index in [2.05, 4.69) is 0 Å². The van der Waals surface area contributed by atoms with Crippen molar-refractivity contribution in [3.63, 3.8) is 0 Å². The lowest BCUT2D eigenvalue weighted by atomic mass is 10.1. The largest absolute Gasteiger partial charge is 0.493 e. The Morgan fingerprint density at radius 3 is 2.48 bits per heavy atom. The molecule has 1 N–H and O–H groups in total. The molecule has 0 saturated carbocycles. The summed E-state index contributed by atoms with van der Waals surface area (Å²) >= 11 is 0. The summed E-state index contributed by atoms with van der Waals surface area (Å²) in [6.45, 7) is -0.260. The summed E-state index contributed by atoms with van der Waals surface area (Å²) < 4.78 is 11.5. The van der Waals surface area contributed by atoms with Gasteiger partial charge in [0.2, 0.25) is 0 Å². The first-order valence-electron chi connectivity index (χ1n) is 6.60. The van der Waals surface area contributed by atoms with Gasteiger partial charge in [0.15, 0.2) is 11.5 Å². The predicted molar refractivity (Wildman–Crippen MR) is 81.8 cm³/mol. The molecular weight excluding hydrogens is 300 g/mol. The van der Waals surface area contributed by atoms with Crippen LogP contribution in [0.15, 0.2) is 35.1 Å². The van der Waals surface area contributed by atoms with Crippen molar-refractivity contribution in [3.05, 3.63) is 46.2 Å². The molecule has 0 aliphatic heterocycles. The molecule has 7 heteroatoms. The summed E-state index contributed by atoms with van der Waals surface area (Å²) in [7, 11) is 2.99. The lowest BCUT2D eigenvalue weighted by Gasteiger charge is -2.13. The number of hydrogen-bond donors (Lipinski definition) is 1. The van der Waals surface area contributed by atoms with Gasteiger partial charge in [-0.2, -0.15) is 5.26 Å². The smallest absolute Gasteiger partial charge is 0.341 e. The first-order chi connectivity index (χ1) is 11.0. The maximum Gasteiger partial charge on any atom is 0.341 e. The summed E-state index contributed by atoms with van der Waals surface area (Å²) in [4.78, 5) is 23.3. The van der Waals surface area contributed by atoms with Gasteiger partial charge in [-0.25, -0.2) is 4.79 Å². The molecule has 23 heavy (non-hydrogen) atoms. The lowest BCUT2D eigenvalue weighted by molar-refractivity contribution is 0.0694. The van der Waals surface area contributed by atoms with Crippen molar-refractivity contribution in [1.29, 1.82) is 5.26 Å². The fourth-order valence-corrected chi connectivity index (χ4v) is 2.22. The first kappa shape index (κ1) is 16.1. The van der Waals surface area contributed by atoms with E-state index in [4.69, 9.17) is 19.8 Å². The highest BCUT2D eigenvalue weighted by molar-refractivity contribution is 5.87. The van der Waals surface area contributed by atoms with Crippen LogP contribution >= 0.6 is 0 Å². The van der Waals surface area contributed by atoms with Gasteiger partial charge < -0.3 is 14.6 Å². The molecule has 1 aromatic heterocycles. The molecule has 118 valence electrons. The average Bonchev–Trinajstić information content (AvgIpc) is 2.55. The summed E-state index contributed by atoms with van der Waals surface area (Å²) in [5.41, 5.74) is -0.0924. The van der Waals surface area contributed by atoms with Crippen LogP contribution in [0.4, 0.5) is 0 Å². The number of rotatable bonds is 5. The van der Waals surface area contributed by atoms with E-state index in [9.17, 15) is 9.59 Å². The van der Waals surface area contributed by atoms with Crippen molar-refractivity contribution in [2.45, 2.75) is 6.54 Å². The van der Waals surface area contributed by atoms with E-state index in [1.54, 1.807) is 18.2 Å². The molecule has 7 nitrogen and oxygen atoms in total. The van der Waals surface area contributed by atoms with Gasteiger partial charge in [0.05, 0.1) is 26.0 Å². The summed E-state index contributed by atoms with van der Waals surface area (Å²) in [6.07, 6.45) is 0. The van der Waals surface area contributed by atoms with E-state index in [0.717, 1.165) is 4.57 Å². The molecular formula is C16H14N2O5. The number of nitrogens with zero attached hydrogens (tertiary/aromatic N) is 2. The average molecular weight is 314 g/mol. The number of pyridine rings is 1. The third-order valence-electron chi connectivity index (χ3n) is 3.31. The van der Waals surface area contributed by atoms with Gasteiger partial charge in [-0.3, -0.25) is 9.36 Å². The van der Waals surface area contributed by atoms with Crippen LogP contribution in [0.2, 0.25) is 0 Å². The van der Waals surface area contributed by atoms with Gasteiger partial charge in [-0.15, -0.1) is 0 Å². The normalized spacial score (nSPS) is 9.96. The number of nitriles is 1. The topological polar surface area (TPSA) is 102 Å². The first-order valence-corrected chi connectivity index (χ1v) is 6.60. The Kier molecular flexibility index (Phi) is 4.66. The predicted octanol–water partition coefficient (Wildman–Crippen LogP) is 1.75. The van der Waals surface area contributed by atoms with Gasteiger partial charge in [-0.05, 0) is 30.3 Å². The van der Waals surface area contributed by atoms with Crippen molar-refractivity contribution >= 4 is 5.97 Å². The van der Waals surface area contributed by atoms with Crippen molar-refractivity contribution < 1.29 is 19.4 Å². The third kappa shape index (κ3) is 3.01. The third-order valence-corrected chi connectivity index (χ3v) is 3.31. The highest BCUT2D eigenvalue weighted by atomic mass is 16.5. The Hall–Kier alpha value is -3.27. The van der Waals surface area contributed by atoms with Crippen molar-refractivity contribution in [3.8, 4) is 28.8 Å². The standard InChI is InChI=1S/C16H14N2O5/c1-22-13-6-3-10(9-14(13)23-2)12-5-4-11(16(20)21)15(19)18(12)8-7-17/h3-6,9H,8H2,1-2H3,(H,20,21). The number of carboxylic acid groups (broad SMARTS) is 1. The lowest BCUT2D eigenvalue weighted by Crippen LogP contribution is -2.27. The Morgan fingerprint density at radius 2 is 1.91 bits per heavy atom. The summed E-state index contributed by atoms with van der Waals surface area (Å²) in [5, 5.41) is 18.0. The number of hydrogen-bond acceptors (Lipinski definition) is 5. The van der Waals surface area contributed by atoms with Crippen LogP contribution in [0.1, 0.15) is 10.4 Å². The van der Waals surface area contributed by atoms with E-state index < -0.39 is 11.5 Å². The molecule has 0 fully saturated rings. The number of methoxy groups -OCH3 is 2. The molecule has 1 heterocycles. The van der Waals surface area contributed by atoms with E-state index in [1.165, 1.54) is 26.4 Å². The van der Waals surface area contributed by atoms with E-state index >= 15 is 0 Å². The number of carboxylic acids is 1. The molecule has 0 aliphatic rings. The zero-order valence-corrected chi connectivity index (χ0v) is 12.6. The van der Waals surface area contributed by atoms with Crippen molar-refractivity contribution in [2.24, 2.45) is 0 Å². The van der Waals surface area contributed by atoms with E-state index in [0.29, 0.717) is 22.8 Å². The van der Waals surface area contributed by atoms with Crippen LogP contribution in [-0.4, -0.2) is 29.9 Å². The SMILES string of the molecule is COc1ccc(-c2ccc(C(=O)O)c(=O)n2CC#N)cc1OC. The van der Waals surface area contributed by atoms with Crippen LogP contribution < -0.4 is 15.0 Å². The van der Waals surface area contributed by atoms with Crippen LogP contribution in [0.25, 0.3) is 11.3 Å². The number of aromatic carboxylic acids is 1.